The van der Waals surface area contributed by atoms with E-state index < -0.39 is 46.9 Å². The molecule has 0 radical (unpaired) electrons. The van der Waals surface area contributed by atoms with E-state index in [2.05, 4.69) is 15.6 Å². The molecule has 1 heterocycles. The summed E-state index contributed by atoms with van der Waals surface area (Å²) in [6.07, 6.45) is 0.867. The molecule has 220 valence electrons. The molecular weight excluding hydrogens is 693 g/mol. The van der Waals surface area contributed by atoms with Crippen LogP contribution in [0.3, 0.4) is 0 Å². The van der Waals surface area contributed by atoms with E-state index in [1.54, 1.807) is 18.2 Å². The lowest BCUT2D eigenvalue weighted by Gasteiger charge is -2.17. The fourth-order valence-corrected chi connectivity index (χ4v) is 4.67. The van der Waals surface area contributed by atoms with Gasteiger partial charge in [0.1, 0.15) is 17.3 Å². The molecule has 0 saturated heterocycles. The van der Waals surface area contributed by atoms with Gasteiger partial charge in [-0.15, -0.1) is 0 Å². The Kier molecular flexibility index (Phi) is 9.99. The van der Waals surface area contributed by atoms with Crippen LogP contribution in [-0.4, -0.2) is 32.3 Å². The summed E-state index contributed by atoms with van der Waals surface area (Å²) in [7, 11) is 4.05. The predicted molar refractivity (Wildman–Crippen MR) is 159 cm³/mol. The smallest absolute Gasteiger partial charge is 0.340 e. The highest BCUT2D eigenvalue weighted by Crippen LogP contribution is 2.34. The summed E-state index contributed by atoms with van der Waals surface area (Å²) >= 11 is 7.86. The monoisotopic (exact) mass is 715 g/mol. The molecule has 0 unspecified atom stereocenters. The van der Waals surface area contributed by atoms with Crippen molar-refractivity contribution in [3.05, 3.63) is 103 Å². The molecule has 0 aliphatic carbocycles. The first kappa shape index (κ1) is 31.2. The maximum Gasteiger partial charge on any atom is 0.340 e. The minimum Gasteiger partial charge on any atom is -0.497 e. The van der Waals surface area contributed by atoms with Gasteiger partial charge in [-0.05, 0) is 70.1 Å². The zero-order valence-electron chi connectivity index (χ0n) is 22.4. The summed E-state index contributed by atoms with van der Waals surface area (Å²) in [6, 6.07) is 9.72. The number of rotatable bonds is 10. The third kappa shape index (κ3) is 6.65. The van der Waals surface area contributed by atoms with Crippen molar-refractivity contribution < 1.29 is 36.6 Å². The van der Waals surface area contributed by atoms with Crippen molar-refractivity contribution in [2.24, 2.45) is 0 Å². The van der Waals surface area contributed by atoms with Crippen LogP contribution in [0.5, 0.6) is 11.5 Å². The number of halogens is 6. The Balaban J connectivity index is 1.65. The molecule has 1 aromatic heterocycles. The van der Waals surface area contributed by atoms with Gasteiger partial charge in [-0.25, -0.2) is 27.3 Å². The molecule has 3 aromatic carbocycles. The second-order valence-electron chi connectivity index (χ2n) is 8.79. The van der Waals surface area contributed by atoms with E-state index in [0.717, 1.165) is 19.2 Å². The SMILES string of the molecule is COC(=O)c1cc(Cc2ccnc(NCc3ccc(OC)cc3OC)c2F)c(F)c(F)c1Nc1cc(Cl)c(I)cc1F. The second kappa shape index (κ2) is 13.5. The highest BCUT2D eigenvalue weighted by molar-refractivity contribution is 14.1. The quantitative estimate of drug-likeness (QED) is 0.0756. The molecule has 13 heteroatoms. The number of anilines is 3. The number of ether oxygens (including phenoxy) is 3. The number of carbonyl (C=O) groups excluding carboxylic acids is 1. The van der Waals surface area contributed by atoms with Crippen molar-refractivity contribution >= 4 is 57.4 Å². The maximum atomic E-state index is 15.5. The number of benzene rings is 3. The van der Waals surface area contributed by atoms with Crippen LogP contribution in [0.4, 0.5) is 34.8 Å². The molecule has 0 spiro atoms. The summed E-state index contributed by atoms with van der Waals surface area (Å²) in [4.78, 5) is 16.6. The second-order valence-corrected chi connectivity index (χ2v) is 10.4. The van der Waals surface area contributed by atoms with E-state index in [9.17, 15) is 9.18 Å². The number of esters is 1. The van der Waals surface area contributed by atoms with Gasteiger partial charge in [0.05, 0.1) is 43.3 Å². The minimum absolute atomic E-state index is 0.0283. The van der Waals surface area contributed by atoms with E-state index in [1.807, 2.05) is 22.6 Å². The highest BCUT2D eigenvalue weighted by atomic mass is 127. The van der Waals surface area contributed by atoms with Gasteiger partial charge in [0, 0.05) is 34.4 Å². The first-order chi connectivity index (χ1) is 20.1. The summed E-state index contributed by atoms with van der Waals surface area (Å²) in [5.74, 6) is -4.54. The maximum absolute atomic E-state index is 15.5. The number of nitrogens with one attached hydrogen (secondary N) is 2. The molecule has 0 amide bonds. The summed E-state index contributed by atoms with van der Waals surface area (Å²) < 4.78 is 76.4. The van der Waals surface area contributed by atoms with Gasteiger partial charge in [-0.2, -0.15) is 0 Å². The first-order valence-electron chi connectivity index (χ1n) is 12.2. The summed E-state index contributed by atoms with van der Waals surface area (Å²) in [5.41, 5.74) is -1.06. The fraction of sp³-hybridized carbons (Fsp3) is 0.172. The molecule has 0 bridgehead atoms. The topological polar surface area (TPSA) is 81.7 Å². The van der Waals surface area contributed by atoms with E-state index in [-0.39, 0.29) is 34.2 Å². The third-order valence-electron chi connectivity index (χ3n) is 6.25. The van der Waals surface area contributed by atoms with Crippen molar-refractivity contribution in [1.82, 2.24) is 4.98 Å². The van der Waals surface area contributed by atoms with Gasteiger partial charge in [0.25, 0.3) is 0 Å². The zero-order valence-corrected chi connectivity index (χ0v) is 25.3. The lowest BCUT2D eigenvalue weighted by molar-refractivity contribution is 0.0601. The van der Waals surface area contributed by atoms with E-state index in [1.165, 1.54) is 32.5 Å². The van der Waals surface area contributed by atoms with Gasteiger partial charge in [-0.3, -0.25) is 0 Å². The Labute approximate surface area is 257 Å². The normalized spacial score (nSPS) is 10.8. The lowest BCUT2D eigenvalue weighted by atomic mass is 10.00. The molecule has 2 N–H and O–H groups in total. The van der Waals surface area contributed by atoms with Gasteiger partial charge in [0.2, 0.25) is 0 Å². The van der Waals surface area contributed by atoms with E-state index in [0.29, 0.717) is 20.6 Å². The van der Waals surface area contributed by atoms with Gasteiger partial charge in [0.15, 0.2) is 23.3 Å². The largest absolute Gasteiger partial charge is 0.497 e. The number of nitrogens with zero attached hydrogens (tertiary/aromatic N) is 1. The van der Waals surface area contributed by atoms with Crippen LogP contribution < -0.4 is 20.1 Å². The number of hydrogen-bond acceptors (Lipinski definition) is 7. The lowest BCUT2D eigenvalue weighted by Crippen LogP contribution is -2.12. The third-order valence-corrected chi connectivity index (χ3v) is 7.77. The molecule has 0 aliphatic heterocycles. The Hall–Kier alpha value is -3.78. The first-order valence-corrected chi connectivity index (χ1v) is 13.6. The molecule has 0 atom stereocenters. The van der Waals surface area contributed by atoms with Gasteiger partial charge < -0.3 is 24.8 Å². The van der Waals surface area contributed by atoms with E-state index >= 15 is 13.2 Å². The van der Waals surface area contributed by atoms with Crippen molar-refractivity contribution in [2.45, 2.75) is 13.0 Å². The van der Waals surface area contributed by atoms with Crippen molar-refractivity contribution in [3.8, 4) is 11.5 Å². The van der Waals surface area contributed by atoms with Crippen LogP contribution in [0.1, 0.15) is 27.0 Å². The summed E-state index contributed by atoms with van der Waals surface area (Å²) in [6.45, 7) is 0.134. The molecule has 0 aliphatic rings. The fourth-order valence-electron chi connectivity index (χ4n) is 4.08. The molecular formula is C29H23ClF4IN3O4. The summed E-state index contributed by atoms with van der Waals surface area (Å²) in [5, 5.41) is 5.43. The van der Waals surface area contributed by atoms with Gasteiger partial charge >= 0.3 is 5.97 Å². The number of carbonyl (C=O) groups is 1. The molecule has 0 fully saturated rings. The van der Waals surface area contributed by atoms with E-state index in [4.69, 9.17) is 25.8 Å². The standard InChI is InChI=1S/C29H23ClF4IN3O4/c1-40-17-5-4-15(23(10-17)41-2)13-37-28-25(33)14(6-7-36-28)8-16-9-18(29(39)42-3)27(26(34)24(16)32)38-22-11-19(30)21(35)12-20(22)31/h4-7,9-12,38H,8,13H2,1-3H3,(H,36,37). The average Bonchev–Trinajstić information content (AvgIpc) is 2.99. The minimum atomic E-state index is -1.48. The van der Waals surface area contributed by atoms with Crippen LogP contribution in [0.25, 0.3) is 0 Å². The Morgan fingerprint density at radius 3 is 2.38 bits per heavy atom. The van der Waals surface area contributed by atoms with Crippen molar-refractivity contribution in [3.63, 3.8) is 0 Å². The van der Waals surface area contributed by atoms with Crippen molar-refractivity contribution in [2.75, 3.05) is 32.0 Å². The molecule has 7 nitrogen and oxygen atoms in total. The number of aromatic nitrogens is 1. The van der Waals surface area contributed by atoms with Crippen LogP contribution in [0.2, 0.25) is 5.02 Å². The van der Waals surface area contributed by atoms with Crippen molar-refractivity contribution in [1.29, 1.82) is 0 Å². The van der Waals surface area contributed by atoms with Crippen LogP contribution in [0, 0.1) is 26.8 Å². The molecule has 42 heavy (non-hydrogen) atoms. The zero-order chi connectivity index (χ0) is 30.6. The number of pyridine rings is 1. The van der Waals surface area contributed by atoms with Gasteiger partial charge in [-0.1, -0.05) is 11.6 Å². The van der Waals surface area contributed by atoms with Crippen LogP contribution >= 0.6 is 34.2 Å². The average molecular weight is 716 g/mol. The Morgan fingerprint density at radius 2 is 1.69 bits per heavy atom. The molecule has 4 rings (SSSR count). The van der Waals surface area contributed by atoms with Crippen LogP contribution in [-0.2, 0) is 17.7 Å². The molecule has 4 aromatic rings. The Morgan fingerprint density at radius 1 is 0.929 bits per heavy atom. The highest BCUT2D eigenvalue weighted by Gasteiger charge is 2.25. The van der Waals surface area contributed by atoms with Crippen LogP contribution in [0.15, 0.2) is 48.7 Å². The Bertz CT molecular complexity index is 1660. The number of methoxy groups -OCH3 is 3. The predicted octanol–water partition coefficient (Wildman–Crippen LogP) is 7.65. The molecule has 0 saturated carbocycles. The number of hydrogen-bond donors (Lipinski definition) is 2.